The molecule has 24 heavy (non-hydrogen) atoms. The lowest BCUT2D eigenvalue weighted by atomic mass is 9.87. The van der Waals surface area contributed by atoms with Crippen molar-refractivity contribution in [3.05, 3.63) is 30.5 Å². The summed E-state index contributed by atoms with van der Waals surface area (Å²) in [4.78, 5) is 17.2. The lowest BCUT2D eigenvalue weighted by Gasteiger charge is -2.21. The molecule has 1 fully saturated rings. The highest BCUT2D eigenvalue weighted by atomic mass is 32.2. The van der Waals surface area contributed by atoms with Gasteiger partial charge in [0.2, 0.25) is 5.91 Å². The van der Waals surface area contributed by atoms with Crippen LogP contribution < -0.4 is 5.32 Å². The van der Waals surface area contributed by atoms with Crippen molar-refractivity contribution in [2.24, 2.45) is 5.92 Å². The molecule has 126 valence electrons. The molecule has 0 atom stereocenters. The first-order chi connectivity index (χ1) is 11.8. The van der Waals surface area contributed by atoms with Crippen LogP contribution in [-0.2, 0) is 11.3 Å². The molecule has 1 N–H and O–H groups in total. The second-order valence-corrected chi connectivity index (χ2v) is 7.81. The number of benzene rings is 1. The molecule has 1 aromatic heterocycles. The zero-order valence-corrected chi connectivity index (χ0v) is 14.6. The van der Waals surface area contributed by atoms with Gasteiger partial charge in [0.15, 0.2) is 5.16 Å². The highest BCUT2D eigenvalue weighted by molar-refractivity contribution is 7.99. The van der Waals surface area contributed by atoms with E-state index in [1.807, 2.05) is 24.3 Å². The molecule has 5 heteroatoms. The number of para-hydroxylation sites is 1. The number of hydrogen-bond acceptors (Lipinski definition) is 3. The fraction of sp³-hybridized carbons (Fsp3) is 0.474. The number of thioether (sulfide) groups is 1. The average molecular weight is 341 g/mol. The quantitative estimate of drug-likeness (QED) is 0.886. The number of amides is 1. The van der Waals surface area contributed by atoms with E-state index < -0.39 is 0 Å². The van der Waals surface area contributed by atoms with Crippen LogP contribution in [0.5, 0.6) is 0 Å². The molecule has 2 aromatic rings. The number of carbonyl (C=O) groups is 1. The smallest absolute Gasteiger partial charge is 0.224 e. The zero-order valence-electron chi connectivity index (χ0n) is 13.8. The third kappa shape index (κ3) is 3.36. The third-order valence-corrected chi connectivity index (χ3v) is 5.95. The predicted molar refractivity (Wildman–Crippen MR) is 98.2 cm³/mol. The number of nitrogens with one attached hydrogen (secondary N) is 1. The van der Waals surface area contributed by atoms with E-state index in [9.17, 15) is 4.79 Å². The monoisotopic (exact) mass is 341 g/mol. The Labute approximate surface area is 147 Å². The summed E-state index contributed by atoms with van der Waals surface area (Å²) in [6.45, 7) is 1.02. The van der Waals surface area contributed by atoms with E-state index in [-0.39, 0.29) is 5.91 Å². The summed E-state index contributed by atoms with van der Waals surface area (Å²) < 4.78 is 2.20. The number of carbonyl (C=O) groups excluding carboxylic acids is 1. The fourth-order valence-electron chi connectivity index (χ4n) is 3.71. The molecule has 4 nitrogen and oxygen atoms in total. The Kier molecular flexibility index (Phi) is 4.60. The molecule has 1 aliphatic carbocycles. The van der Waals surface area contributed by atoms with Crippen molar-refractivity contribution in [3.63, 3.8) is 0 Å². The van der Waals surface area contributed by atoms with Gasteiger partial charge >= 0.3 is 0 Å². The average Bonchev–Trinajstić information content (AvgIpc) is 3.18. The molecule has 0 spiro atoms. The standard InChI is InChI=1S/C19H23N3OS/c23-18(12-14-6-2-1-3-7-14)20-16-9-5-4-8-15(16)17-13-22-10-11-24-19(22)21-17/h4-5,8-9,13-14H,1-3,6-7,10-12H2,(H,20,23). The van der Waals surface area contributed by atoms with Crippen molar-refractivity contribution in [2.75, 3.05) is 11.1 Å². The number of nitrogens with zero attached hydrogens (tertiary/aromatic N) is 2. The Morgan fingerprint density at radius 1 is 1.25 bits per heavy atom. The van der Waals surface area contributed by atoms with Crippen LogP contribution in [0.2, 0.25) is 0 Å². The summed E-state index contributed by atoms with van der Waals surface area (Å²) >= 11 is 1.79. The normalized spacial score (nSPS) is 17.7. The van der Waals surface area contributed by atoms with Gasteiger partial charge in [0, 0.05) is 30.5 Å². The largest absolute Gasteiger partial charge is 0.325 e. The van der Waals surface area contributed by atoms with Crippen molar-refractivity contribution >= 4 is 23.4 Å². The van der Waals surface area contributed by atoms with Gasteiger partial charge in [-0.25, -0.2) is 4.98 Å². The molecule has 1 saturated carbocycles. The third-order valence-electron chi connectivity index (χ3n) is 4.98. The van der Waals surface area contributed by atoms with Crippen LogP contribution >= 0.6 is 11.8 Å². The van der Waals surface area contributed by atoms with Crippen LogP contribution in [0.25, 0.3) is 11.3 Å². The molecule has 4 rings (SSSR count). The zero-order chi connectivity index (χ0) is 16.4. The Balaban J connectivity index is 1.49. The number of fused-ring (bicyclic) bond motifs is 1. The van der Waals surface area contributed by atoms with Gasteiger partial charge in [-0.1, -0.05) is 49.2 Å². The van der Waals surface area contributed by atoms with Gasteiger partial charge in [-0.2, -0.15) is 0 Å². The van der Waals surface area contributed by atoms with E-state index in [1.165, 1.54) is 32.1 Å². The summed E-state index contributed by atoms with van der Waals surface area (Å²) in [7, 11) is 0. The van der Waals surface area contributed by atoms with E-state index in [1.54, 1.807) is 11.8 Å². The number of hydrogen-bond donors (Lipinski definition) is 1. The number of anilines is 1. The molecular weight excluding hydrogens is 318 g/mol. The van der Waals surface area contributed by atoms with Crippen molar-refractivity contribution in [1.29, 1.82) is 0 Å². The predicted octanol–water partition coefficient (Wildman–Crippen LogP) is 4.56. The number of aromatic nitrogens is 2. The van der Waals surface area contributed by atoms with Crippen LogP contribution in [0, 0.1) is 5.92 Å². The molecule has 0 radical (unpaired) electrons. The van der Waals surface area contributed by atoms with Crippen LogP contribution in [0.1, 0.15) is 38.5 Å². The van der Waals surface area contributed by atoms with E-state index in [2.05, 4.69) is 16.1 Å². The van der Waals surface area contributed by atoms with E-state index in [0.29, 0.717) is 12.3 Å². The van der Waals surface area contributed by atoms with Crippen LogP contribution in [0.3, 0.4) is 0 Å². The molecule has 1 amide bonds. The van der Waals surface area contributed by atoms with E-state index in [4.69, 9.17) is 4.98 Å². The summed E-state index contributed by atoms with van der Waals surface area (Å²) in [6.07, 6.45) is 8.99. The van der Waals surface area contributed by atoms with Gasteiger partial charge in [0.25, 0.3) is 0 Å². The van der Waals surface area contributed by atoms with Crippen LogP contribution in [0.4, 0.5) is 5.69 Å². The number of rotatable bonds is 4. The van der Waals surface area contributed by atoms with Gasteiger partial charge in [-0.15, -0.1) is 0 Å². The van der Waals surface area contributed by atoms with Gasteiger partial charge in [0.05, 0.1) is 11.4 Å². The minimum absolute atomic E-state index is 0.135. The summed E-state index contributed by atoms with van der Waals surface area (Å²) in [5, 5.41) is 4.20. The maximum absolute atomic E-state index is 12.5. The van der Waals surface area contributed by atoms with Crippen molar-refractivity contribution in [3.8, 4) is 11.3 Å². The van der Waals surface area contributed by atoms with Crippen molar-refractivity contribution in [1.82, 2.24) is 9.55 Å². The molecule has 2 aliphatic rings. The Hall–Kier alpha value is -1.75. The first-order valence-electron chi connectivity index (χ1n) is 8.89. The van der Waals surface area contributed by atoms with Gasteiger partial charge in [-0.05, 0) is 24.8 Å². The van der Waals surface area contributed by atoms with Gasteiger partial charge < -0.3 is 9.88 Å². The van der Waals surface area contributed by atoms with E-state index in [0.717, 1.165) is 34.4 Å². The lowest BCUT2D eigenvalue weighted by molar-refractivity contribution is -0.117. The first-order valence-corrected chi connectivity index (χ1v) is 9.87. The summed E-state index contributed by atoms with van der Waals surface area (Å²) in [5.74, 6) is 1.79. The van der Waals surface area contributed by atoms with Crippen LogP contribution in [0.15, 0.2) is 35.6 Å². The second kappa shape index (κ2) is 7.01. The Bertz CT molecular complexity index is 712. The molecular formula is C19H23N3OS. The van der Waals surface area contributed by atoms with Crippen LogP contribution in [-0.4, -0.2) is 21.2 Å². The number of aryl methyl sites for hydroxylation is 1. The lowest BCUT2D eigenvalue weighted by Crippen LogP contribution is -2.18. The maximum Gasteiger partial charge on any atom is 0.224 e. The number of imidazole rings is 1. The Morgan fingerprint density at radius 3 is 2.92 bits per heavy atom. The minimum Gasteiger partial charge on any atom is -0.325 e. The minimum atomic E-state index is 0.135. The van der Waals surface area contributed by atoms with E-state index >= 15 is 0 Å². The second-order valence-electron chi connectivity index (χ2n) is 6.75. The maximum atomic E-state index is 12.5. The first kappa shape index (κ1) is 15.8. The van der Waals surface area contributed by atoms with Crippen molar-refractivity contribution in [2.45, 2.75) is 50.2 Å². The Morgan fingerprint density at radius 2 is 2.08 bits per heavy atom. The van der Waals surface area contributed by atoms with Crippen molar-refractivity contribution < 1.29 is 4.79 Å². The fourth-order valence-corrected chi connectivity index (χ4v) is 4.65. The molecule has 0 saturated heterocycles. The molecule has 1 aliphatic heterocycles. The SMILES string of the molecule is O=C(CC1CCCCC1)Nc1ccccc1-c1cn2c(n1)SCC2. The molecule has 0 bridgehead atoms. The molecule has 2 heterocycles. The van der Waals surface area contributed by atoms with Gasteiger partial charge in [-0.3, -0.25) is 4.79 Å². The van der Waals surface area contributed by atoms with Gasteiger partial charge in [0.1, 0.15) is 0 Å². The topological polar surface area (TPSA) is 46.9 Å². The molecule has 0 unspecified atom stereocenters. The summed E-state index contributed by atoms with van der Waals surface area (Å²) in [6, 6.07) is 7.99. The molecule has 1 aromatic carbocycles. The highest BCUT2D eigenvalue weighted by Crippen LogP contribution is 2.33. The summed E-state index contributed by atoms with van der Waals surface area (Å²) in [5.41, 5.74) is 2.84. The highest BCUT2D eigenvalue weighted by Gasteiger charge is 2.20.